The van der Waals surface area contributed by atoms with E-state index in [2.05, 4.69) is 0 Å². The number of hydrogen-bond acceptors (Lipinski definition) is 4. The largest absolute Gasteiger partial charge is 0.490 e. The Labute approximate surface area is 112 Å². The summed E-state index contributed by atoms with van der Waals surface area (Å²) in [6.07, 6.45) is 0. The van der Waals surface area contributed by atoms with E-state index >= 15 is 0 Å². The van der Waals surface area contributed by atoms with Crippen LogP contribution < -0.4 is 4.74 Å². The second kappa shape index (κ2) is 5.62. The molecule has 0 aliphatic rings. The van der Waals surface area contributed by atoms with Gasteiger partial charge in [0, 0.05) is 11.0 Å². The van der Waals surface area contributed by atoms with Crippen LogP contribution in [0.15, 0.2) is 58.3 Å². The summed E-state index contributed by atoms with van der Waals surface area (Å²) in [6, 6.07) is 13.1. The van der Waals surface area contributed by atoms with Gasteiger partial charge in [0.25, 0.3) is 0 Å². The maximum Gasteiger partial charge on any atom is 0.312 e. The molecule has 5 nitrogen and oxygen atoms in total. The van der Waals surface area contributed by atoms with Crippen molar-refractivity contribution in [2.24, 2.45) is 0 Å². The maximum atomic E-state index is 12.3. The van der Waals surface area contributed by atoms with Gasteiger partial charge in [-0.3, -0.25) is 10.1 Å². The molecule has 0 saturated carbocycles. The third-order valence-corrected chi connectivity index (χ3v) is 3.90. The van der Waals surface area contributed by atoms with Crippen molar-refractivity contribution < 1.29 is 13.9 Å². The minimum absolute atomic E-state index is 0.152. The Bertz CT molecular complexity index is 628. The summed E-state index contributed by atoms with van der Waals surface area (Å²) in [6.45, 7) is 0. The summed E-state index contributed by atoms with van der Waals surface area (Å²) in [5.41, 5.74) is -0.190. The minimum Gasteiger partial charge on any atom is -0.490 e. The van der Waals surface area contributed by atoms with Crippen molar-refractivity contribution in [3.05, 3.63) is 58.6 Å². The molecule has 0 bridgehead atoms. The molecule has 1 unspecified atom stereocenters. The fourth-order valence-corrected chi connectivity index (χ4v) is 2.69. The molecular formula is C13H11NO4S. The van der Waals surface area contributed by atoms with Gasteiger partial charge in [-0.1, -0.05) is 18.2 Å². The molecule has 0 saturated heterocycles. The topological polar surface area (TPSA) is 69.4 Å². The highest BCUT2D eigenvalue weighted by molar-refractivity contribution is 7.85. The Morgan fingerprint density at radius 2 is 1.79 bits per heavy atom. The lowest BCUT2D eigenvalue weighted by Crippen LogP contribution is -1.97. The van der Waals surface area contributed by atoms with Crippen LogP contribution >= 0.6 is 0 Å². The minimum atomic E-state index is -1.44. The molecular weight excluding hydrogens is 266 g/mol. The Morgan fingerprint density at radius 3 is 2.37 bits per heavy atom. The molecule has 0 amide bonds. The summed E-state index contributed by atoms with van der Waals surface area (Å²) in [5.74, 6) is 0.152. The van der Waals surface area contributed by atoms with Gasteiger partial charge in [0.2, 0.25) is 0 Å². The van der Waals surface area contributed by atoms with E-state index in [-0.39, 0.29) is 11.4 Å². The predicted octanol–water partition coefficient (Wildman–Crippen LogP) is 2.77. The average molecular weight is 277 g/mol. The highest BCUT2D eigenvalue weighted by Gasteiger charge is 2.18. The van der Waals surface area contributed by atoms with E-state index in [4.69, 9.17) is 4.74 Å². The van der Waals surface area contributed by atoms with Crippen molar-refractivity contribution in [2.75, 3.05) is 7.11 Å². The van der Waals surface area contributed by atoms with Crippen molar-refractivity contribution in [3.8, 4) is 5.75 Å². The summed E-state index contributed by atoms with van der Waals surface area (Å²) in [4.78, 5) is 11.3. The van der Waals surface area contributed by atoms with Gasteiger partial charge in [-0.2, -0.15) is 0 Å². The van der Waals surface area contributed by atoms with Crippen molar-refractivity contribution >= 4 is 16.5 Å². The summed E-state index contributed by atoms with van der Waals surface area (Å²) >= 11 is 0. The molecule has 0 aliphatic heterocycles. The van der Waals surface area contributed by atoms with Gasteiger partial charge in [-0.05, 0) is 24.3 Å². The Morgan fingerprint density at radius 1 is 1.11 bits per heavy atom. The Kier molecular flexibility index (Phi) is 3.91. The van der Waals surface area contributed by atoms with E-state index in [1.165, 1.54) is 19.2 Å². The fraction of sp³-hybridized carbons (Fsp3) is 0.0769. The fourth-order valence-electron chi connectivity index (χ4n) is 1.61. The van der Waals surface area contributed by atoms with E-state index in [1.54, 1.807) is 30.3 Å². The number of ether oxygens (including phenoxy) is 1. The van der Waals surface area contributed by atoms with Crippen LogP contribution in [-0.2, 0) is 10.8 Å². The lowest BCUT2D eigenvalue weighted by Gasteiger charge is -2.05. The van der Waals surface area contributed by atoms with Crippen molar-refractivity contribution in [3.63, 3.8) is 0 Å². The second-order valence-corrected chi connectivity index (χ2v) is 5.15. The summed E-state index contributed by atoms with van der Waals surface area (Å²) < 4.78 is 17.2. The number of benzene rings is 2. The van der Waals surface area contributed by atoms with Crippen LogP contribution in [0.2, 0.25) is 0 Å². The van der Waals surface area contributed by atoms with Gasteiger partial charge in [0.1, 0.15) is 0 Å². The molecule has 98 valence electrons. The molecule has 0 N–H and O–H groups in total. The standard InChI is InChI=1S/C13H11NO4S/c1-18-13-8-7-11(9-12(13)14(15)16)19(17)10-5-3-2-4-6-10/h2-9H,1H3. The van der Waals surface area contributed by atoms with Crippen LogP contribution in [0.1, 0.15) is 0 Å². The molecule has 2 aromatic rings. The smallest absolute Gasteiger partial charge is 0.312 e. The number of hydrogen-bond donors (Lipinski definition) is 0. The number of nitrogens with zero attached hydrogens (tertiary/aromatic N) is 1. The molecule has 6 heteroatoms. The van der Waals surface area contributed by atoms with Crippen LogP contribution in [0.4, 0.5) is 5.69 Å². The molecule has 1 atom stereocenters. The van der Waals surface area contributed by atoms with E-state index in [9.17, 15) is 14.3 Å². The van der Waals surface area contributed by atoms with Gasteiger partial charge < -0.3 is 4.74 Å². The zero-order chi connectivity index (χ0) is 13.8. The maximum absolute atomic E-state index is 12.3. The molecule has 0 fully saturated rings. The molecule has 2 rings (SSSR count). The second-order valence-electron chi connectivity index (χ2n) is 3.67. The first-order chi connectivity index (χ1) is 9.13. The van der Waals surface area contributed by atoms with Crippen molar-refractivity contribution in [1.29, 1.82) is 0 Å². The van der Waals surface area contributed by atoms with E-state index in [1.807, 2.05) is 6.07 Å². The lowest BCUT2D eigenvalue weighted by molar-refractivity contribution is -0.386. The third kappa shape index (κ3) is 2.79. The quantitative estimate of drug-likeness (QED) is 0.636. The zero-order valence-electron chi connectivity index (χ0n) is 10.1. The van der Waals surface area contributed by atoms with Gasteiger partial charge >= 0.3 is 5.69 Å². The predicted molar refractivity (Wildman–Crippen MR) is 70.8 cm³/mol. The van der Waals surface area contributed by atoms with Crippen molar-refractivity contribution in [2.45, 2.75) is 9.79 Å². The first-order valence-corrected chi connectivity index (χ1v) is 6.57. The molecule has 0 heterocycles. The van der Waals surface area contributed by atoms with Gasteiger partial charge in [-0.25, -0.2) is 4.21 Å². The normalized spacial score (nSPS) is 11.8. The molecule has 19 heavy (non-hydrogen) atoms. The average Bonchev–Trinajstić information content (AvgIpc) is 2.46. The first kappa shape index (κ1) is 13.2. The van der Waals surface area contributed by atoms with Crippen LogP contribution in [0.25, 0.3) is 0 Å². The summed E-state index contributed by atoms with van der Waals surface area (Å²) in [5, 5.41) is 10.9. The van der Waals surface area contributed by atoms with Crippen LogP contribution in [-0.4, -0.2) is 16.2 Å². The highest BCUT2D eigenvalue weighted by atomic mass is 32.2. The number of nitro benzene ring substituents is 1. The van der Waals surface area contributed by atoms with E-state index in [0.717, 1.165) is 0 Å². The van der Waals surface area contributed by atoms with E-state index < -0.39 is 15.7 Å². The monoisotopic (exact) mass is 277 g/mol. The molecule has 2 aromatic carbocycles. The van der Waals surface area contributed by atoms with Crippen LogP contribution in [0.3, 0.4) is 0 Å². The Balaban J connectivity index is 2.44. The number of nitro groups is 1. The third-order valence-electron chi connectivity index (χ3n) is 2.52. The van der Waals surface area contributed by atoms with Gasteiger partial charge in [0.15, 0.2) is 5.75 Å². The zero-order valence-corrected chi connectivity index (χ0v) is 10.9. The Hall–Kier alpha value is -2.21. The molecule has 0 radical (unpaired) electrons. The van der Waals surface area contributed by atoms with Gasteiger partial charge in [0.05, 0.1) is 27.7 Å². The highest BCUT2D eigenvalue weighted by Crippen LogP contribution is 2.30. The van der Waals surface area contributed by atoms with Crippen LogP contribution in [0.5, 0.6) is 5.75 Å². The molecule has 0 aromatic heterocycles. The molecule has 0 aliphatic carbocycles. The lowest BCUT2D eigenvalue weighted by atomic mass is 10.3. The number of methoxy groups -OCH3 is 1. The summed E-state index contributed by atoms with van der Waals surface area (Å²) in [7, 11) is -0.0866. The first-order valence-electron chi connectivity index (χ1n) is 5.42. The van der Waals surface area contributed by atoms with E-state index in [0.29, 0.717) is 9.79 Å². The van der Waals surface area contributed by atoms with Gasteiger partial charge in [-0.15, -0.1) is 0 Å². The van der Waals surface area contributed by atoms with Crippen molar-refractivity contribution in [1.82, 2.24) is 0 Å². The van der Waals surface area contributed by atoms with Crippen LogP contribution in [0, 0.1) is 10.1 Å². The SMILES string of the molecule is COc1ccc(S(=O)c2ccccc2)cc1[N+](=O)[O-]. The molecule has 0 spiro atoms. The number of rotatable bonds is 4.